The number of benzene rings is 1. The van der Waals surface area contributed by atoms with Crippen molar-refractivity contribution in [2.24, 2.45) is 0 Å². The van der Waals surface area contributed by atoms with Gasteiger partial charge in [-0.3, -0.25) is 4.79 Å². The van der Waals surface area contributed by atoms with Crippen LogP contribution >= 0.6 is 0 Å². The summed E-state index contributed by atoms with van der Waals surface area (Å²) >= 11 is 0. The molecule has 0 aliphatic carbocycles. The minimum absolute atomic E-state index is 0.394. The average Bonchev–Trinajstić information content (AvgIpc) is 2.29. The predicted octanol–water partition coefficient (Wildman–Crippen LogP) is 1.42. The minimum atomic E-state index is 0.394. The second kappa shape index (κ2) is 4.31. The van der Waals surface area contributed by atoms with Crippen molar-refractivity contribution in [2.45, 2.75) is 6.61 Å². The summed E-state index contributed by atoms with van der Waals surface area (Å²) < 4.78 is 15.8. The van der Waals surface area contributed by atoms with Crippen molar-refractivity contribution in [1.29, 1.82) is 0 Å². The standard InChI is InChI=1S/C11H12O4/c1-13-7-8-2-3-10-11(9(8)6-12)15-5-4-14-10/h2-3,6H,4-5,7H2,1H3. The predicted molar refractivity (Wildman–Crippen MR) is 53.5 cm³/mol. The lowest BCUT2D eigenvalue weighted by atomic mass is 10.1. The quantitative estimate of drug-likeness (QED) is 0.704. The molecular formula is C11H12O4. The second-order valence-electron chi connectivity index (χ2n) is 3.21. The molecule has 0 radical (unpaired) electrons. The number of carbonyl (C=O) groups is 1. The molecule has 0 unspecified atom stereocenters. The molecule has 4 nitrogen and oxygen atoms in total. The maximum atomic E-state index is 11.0. The van der Waals surface area contributed by atoms with Crippen LogP contribution < -0.4 is 9.47 Å². The van der Waals surface area contributed by atoms with Gasteiger partial charge in [-0.25, -0.2) is 0 Å². The zero-order valence-corrected chi connectivity index (χ0v) is 8.49. The summed E-state index contributed by atoms with van der Waals surface area (Å²) in [4.78, 5) is 11.0. The normalized spacial score (nSPS) is 13.7. The highest BCUT2D eigenvalue weighted by Crippen LogP contribution is 2.35. The van der Waals surface area contributed by atoms with Crippen molar-refractivity contribution in [2.75, 3.05) is 20.3 Å². The zero-order valence-electron chi connectivity index (χ0n) is 8.49. The van der Waals surface area contributed by atoms with Crippen molar-refractivity contribution >= 4 is 6.29 Å². The summed E-state index contributed by atoms with van der Waals surface area (Å²) in [6.07, 6.45) is 0.780. The van der Waals surface area contributed by atoms with Crippen molar-refractivity contribution < 1.29 is 19.0 Å². The van der Waals surface area contributed by atoms with Crippen molar-refractivity contribution in [3.63, 3.8) is 0 Å². The SMILES string of the molecule is COCc1ccc2c(c1C=O)OCCO2. The van der Waals surface area contributed by atoms with Crippen molar-refractivity contribution in [3.8, 4) is 11.5 Å². The fourth-order valence-corrected chi connectivity index (χ4v) is 1.59. The third-order valence-electron chi connectivity index (χ3n) is 2.26. The van der Waals surface area contributed by atoms with E-state index in [9.17, 15) is 4.79 Å². The van der Waals surface area contributed by atoms with Crippen molar-refractivity contribution in [3.05, 3.63) is 23.3 Å². The van der Waals surface area contributed by atoms with Gasteiger partial charge in [0.2, 0.25) is 0 Å². The summed E-state index contributed by atoms with van der Waals surface area (Å²) in [5.41, 5.74) is 1.34. The van der Waals surface area contributed by atoms with E-state index in [4.69, 9.17) is 14.2 Å². The van der Waals surface area contributed by atoms with E-state index in [1.807, 2.05) is 6.07 Å². The maximum absolute atomic E-state index is 11.0. The van der Waals surface area contributed by atoms with Gasteiger partial charge in [-0.15, -0.1) is 0 Å². The minimum Gasteiger partial charge on any atom is -0.486 e. The molecule has 0 fully saturated rings. The smallest absolute Gasteiger partial charge is 0.172 e. The van der Waals surface area contributed by atoms with Crippen LogP contribution in [0.5, 0.6) is 11.5 Å². The van der Waals surface area contributed by atoms with Gasteiger partial charge in [-0.1, -0.05) is 6.07 Å². The Bertz CT molecular complexity index is 373. The van der Waals surface area contributed by atoms with Crippen LogP contribution in [0.1, 0.15) is 15.9 Å². The monoisotopic (exact) mass is 208 g/mol. The fraction of sp³-hybridized carbons (Fsp3) is 0.364. The van der Waals surface area contributed by atoms with Gasteiger partial charge in [0.1, 0.15) is 13.2 Å². The van der Waals surface area contributed by atoms with Crippen LogP contribution in [0.15, 0.2) is 12.1 Å². The van der Waals surface area contributed by atoms with Gasteiger partial charge in [0.25, 0.3) is 0 Å². The highest BCUT2D eigenvalue weighted by atomic mass is 16.6. The Morgan fingerprint density at radius 3 is 2.93 bits per heavy atom. The van der Waals surface area contributed by atoms with Gasteiger partial charge >= 0.3 is 0 Å². The molecule has 1 aromatic rings. The lowest BCUT2D eigenvalue weighted by Crippen LogP contribution is -2.17. The maximum Gasteiger partial charge on any atom is 0.172 e. The lowest BCUT2D eigenvalue weighted by Gasteiger charge is -2.20. The Morgan fingerprint density at radius 2 is 2.20 bits per heavy atom. The first-order chi connectivity index (χ1) is 7.36. The third kappa shape index (κ3) is 1.80. The van der Waals surface area contributed by atoms with Gasteiger partial charge < -0.3 is 14.2 Å². The van der Waals surface area contributed by atoms with E-state index in [2.05, 4.69) is 0 Å². The molecule has 2 rings (SSSR count). The summed E-state index contributed by atoms with van der Waals surface area (Å²) in [7, 11) is 1.59. The average molecular weight is 208 g/mol. The number of fused-ring (bicyclic) bond motifs is 1. The summed E-state index contributed by atoms with van der Waals surface area (Å²) in [5, 5.41) is 0. The molecule has 1 aliphatic rings. The number of carbonyl (C=O) groups excluding carboxylic acids is 1. The summed E-state index contributed by atoms with van der Waals surface area (Å²) in [6, 6.07) is 3.62. The molecule has 0 bridgehead atoms. The molecular weight excluding hydrogens is 196 g/mol. The van der Waals surface area contributed by atoms with Gasteiger partial charge in [0.15, 0.2) is 17.8 Å². The molecule has 0 N–H and O–H groups in total. The number of hydrogen-bond acceptors (Lipinski definition) is 4. The largest absolute Gasteiger partial charge is 0.486 e. The fourth-order valence-electron chi connectivity index (χ4n) is 1.59. The highest BCUT2D eigenvalue weighted by Gasteiger charge is 2.18. The summed E-state index contributed by atoms with van der Waals surface area (Å²) in [6.45, 7) is 1.39. The van der Waals surface area contributed by atoms with Gasteiger partial charge in [-0.2, -0.15) is 0 Å². The van der Waals surface area contributed by atoms with Crippen LogP contribution in [0.3, 0.4) is 0 Å². The Kier molecular flexibility index (Phi) is 2.87. The van der Waals surface area contributed by atoms with Crippen LogP contribution in [0.4, 0.5) is 0 Å². The lowest BCUT2D eigenvalue weighted by molar-refractivity contribution is 0.110. The summed E-state index contributed by atoms with van der Waals surface area (Å²) in [5.74, 6) is 1.16. The molecule has 1 aliphatic heterocycles. The first-order valence-electron chi connectivity index (χ1n) is 4.72. The number of ether oxygens (including phenoxy) is 3. The molecule has 0 spiro atoms. The van der Waals surface area contributed by atoms with Crippen LogP contribution in [0, 0.1) is 0 Å². The van der Waals surface area contributed by atoms with Gasteiger partial charge in [0.05, 0.1) is 12.2 Å². The molecule has 4 heteroatoms. The van der Waals surface area contributed by atoms with E-state index in [1.165, 1.54) is 0 Å². The number of hydrogen-bond donors (Lipinski definition) is 0. The molecule has 0 saturated carbocycles. The first-order valence-corrected chi connectivity index (χ1v) is 4.72. The van der Waals surface area contributed by atoms with Crippen LogP contribution in [-0.2, 0) is 11.3 Å². The number of rotatable bonds is 3. The Hall–Kier alpha value is -1.55. The number of methoxy groups -OCH3 is 1. The zero-order chi connectivity index (χ0) is 10.7. The van der Waals surface area contributed by atoms with Gasteiger partial charge in [0, 0.05) is 7.11 Å². The molecule has 1 aromatic carbocycles. The molecule has 80 valence electrons. The molecule has 0 aromatic heterocycles. The van der Waals surface area contributed by atoms with E-state index < -0.39 is 0 Å². The topological polar surface area (TPSA) is 44.8 Å². The molecule has 0 amide bonds. The van der Waals surface area contributed by atoms with E-state index in [0.717, 1.165) is 11.8 Å². The van der Waals surface area contributed by atoms with Crippen LogP contribution in [0.25, 0.3) is 0 Å². The molecule has 1 heterocycles. The van der Waals surface area contributed by atoms with Gasteiger partial charge in [-0.05, 0) is 11.6 Å². The molecule has 0 atom stereocenters. The van der Waals surface area contributed by atoms with E-state index in [1.54, 1.807) is 13.2 Å². The van der Waals surface area contributed by atoms with E-state index in [-0.39, 0.29) is 0 Å². The Labute approximate surface area is 87.8 Å². The molecule has 0 saturated heterocycles. The molecule has 15 heavy (non-hydrogen) atoms. The Morgan fingerprint density at radius 1 is 1.40 bits per heavy atom. The van der Waals surface area contributed by atoms with E-state index in [0.29, 0.717) is 36.9 Å². The van der Waals surface area contributed by atoms with Crippen LogP contribution in [0.2, 0.25) is 0 Å². The van der Waals surface area contributed by atoms with Crippen LogP contribution in [-0.4, -0.2) is 26.6 Å². The number of aldehydes is 1. The Balaban J connectivity index is 2.46. The third-order valence-corrected chi connectivity index (χ3v) is 2.26. The first kappa shape index (κ1) is 9.98. The van der Waals surface area contributed by atoms with Crippen molar-refractivity contribution in [1.82, 2.24) is 0 Å². The highest BCUT2D eigenvalue weighted by molar-refractivity contribution is 5.83. The van der Waals surface area contributed by atoms with E-state index >= 15 is 0 Å². The second-order valence-corrected chi connectivity index (χ2v) is 3.21.